The van der Waals surface area contributed by atoms with Gasteiger partial charge in [0.25, 0.3) is 0 Å². The number of nitrogens with zero attached hydrogens (tertiary/aromatic N) is 4. The number of benzene rings is 1. The molecule has 0 aliphatic heterocycles. The van der Waals surface area contributed by atoms with E-state index in [1.165, 1.54) is 11.6 Å². The zero-order chi connectivity index (χ0) is 27.7. The molecule has 2 N–H and O–H groups in total. The van der Waals surface area contributed by atoms with Crippen LogP contribution in [0.1, 0.15) is 36.8 Å². The van der Waals surface area contributed by atoms with Crippen LogP contribution >= 0.6 is 6.72 Å². The highest BCUT2D eigenvalue weighted by Gasteiger charge is 2.23. The number of amides is 1. The summed E-state index contributed by atoms with van der Waals surface area (Å²) < 4.78 is 27.4. The lowest BCUT2D eigenvalue weighted by Crippen LogP contribution is -2.11. The Balaban J connectivity index is 0.000000241. The zero-order valence-corrected chi connectivity index (χ0v) is 23.3. The number of aromatic amines is 1. The van der Waals surface area contributed by atoms with Crippen molar-refractivity contribution in [1.29, 1.82) is 0 Å². The number of imidazole rings is 1. The Bertz CT molecular complexity index is 1410. The van der Waals surface area contributed by atoms with Crippen molar-refractivity contribution in [3.05, 3.63) is 47.8 Å². The molecule has 0 aliphatic carbocycles. The SMILES string of the molecule is CCOC(=O)c1cn2nc(OP(=S)(OCC)OCC)cc2nc1C.COC(=O)Nc1nc2ccccc2[nH]1. The van der Waals surface area contributed by atoms with Crippen molar-refractivity contribution in [2.75, 3.05) is 32.2 Å². The molecule has 0 saturated carbocycles. The summed E-state index contributed by atoms with van der Waals surface area (Å²) in [6.07, 6.45) is 1.01. The molecule has 0 bridgehead atoms. The highest BCUT2D eigenvalue weighted by molar-refractivity contribution is 8.07. The molecular formula is C23H29N6O7PS. The fourth-order valence-electron chi connectivity index (χ4n) is 3.12. The van der Waals surface area contributed by atoms with Crippen LogP contribution in [0.2, 0.25) is 0 Å². The van der Waals surface area contributed by atoms with Gasteiger partial charge in [-0.3, -0.25) is 14.4 Å². The molecule has 1 aromatic carbocycles. The third-order valence-corrected chi connectivity index (χ3v) is 7.10. The molecule has 0 aliphatic rings. The Hall–Kier alpha value is -3.58. The maximum atomic E-state index is 11.9. The molecule has 0 fully saturated rings. The molecule has 1 amide bonds. The van der Waals surface area contributed by atoms with Crippen molar-refractivity contribution in [1.82, 2.24) is 24.6 Å². The summed E-state index contributed by atoms with van der Waals surface area (Å²) in [6.45, 7) is 5.20. The second kappa shape index (κ2) is 13.3. The summed E-state index contributed by atoms with van der Waals surface area (Å²) in [6, 6.07) is 9.12. The smallest absolute Gasteiger partial charge is 0.413 e. The maximum absolute atomic E-state index is 11.9. The van der Waals surface area contributed by atoms with Crippen molar-refractivity contribution < 1.29 is 32.6 Å². The minimum absolute atomic E-state index is 0.230. The number of H-pyrrole nitrogens is 1. The molecule has 15 heteroatoms. The first-order chi connectivity index (χ1) is 18.2. The minimum Gasteiger partial charge on any atom is -0.462 e. The Morgan fingerprint density at radius 1 is 1.11 bits per heavy atom. The monoisotopic (exact) mass is 564 g/mol. The van der Waals surface area contributed by atoms with Crippen LogP contribution in [0.5, 0.6) is 5.88 Å². The molecule has 0 spiro atoms. The number of carbonyl (C=O) groups is 2. The largest absolute Gasteiger partial charge is 0.462 e. The minimum atomic E-state index is -2.91. The second-order valence-corrected chi connectivity index (χ2v) is 10.3. The van der Waals surface area contributed by atoms with Gasteiger partial charge in [0.2, 0.25) is 11.8 Å². The predicted octanol–water partition coefficient (Wildman–Crippen LogP) is 4.63. The number of hydrogen-bond donors (Lipinski definition) is 2. The van der Waals surface area contributed by atoms with Gasteiger partial charge < -0.3 is 19.0 Å². The average Bonchev–Trinajstić information content (AvgIpc) is 3.46. The quantitative estimate of drug-likeness (QED) is 0.216. The van der Waals surface area contributed by atoms with Crippen molar-refractivity contribution in [3.63, 3.8) is 0 Å². The third-order valence-electron chi connectivity index (χ3n) is 4.69. The maximum Gasteiger partial charge on any atom is 0.413 e. The van der Waals surface area contributed by atoms with Crippen molar-refractivity contribution >= 4 is 53.2 Å². The van der Waals surface area contributed by atoms with Gasteiger partial charge in [-0.2, -0.15) is 0 Å². The van der Waals surface area contributed by atoms with Crippen LogP contribution in [0.25, 0.3) is 16.7 Å². The van der Waals surface area contributed by atoms with E-state index in [4.69, 9.17) is 30.1 Å². The molecule has 3 aromatic heterocycles. The van der Waals surface area contributed by atoms with Gasteiger partial charge in [0, 0.05) is 24.1 Å². The van der Waals surface area contributed by atoms with Crippen LogP contribution < -0.4 is 9.84 Å². The normalized spacial score (nSPS) is 11.1. The van der Waals surface area contributed by atoms with E-state index in [0.29, 0.717) is 36.1 Å². The Kier molecular flexibility index (Phi) is 10.1. The molecule has 0 radical (unpaired) electrons. The number of hydrogen-bond acceptors (Lipinski definition) is 11. The fourth-order valence-corrected chi connectivity index (χ4v) is 5.12. The highest BCUT2D eigenvalue weighted by atomic mass is 32.5. The van der Waals surface area contributed by atoms with Crippen molar-refractivity contribution in [2.24, 2.45) is 0 Å². The summed E-state index contributed by atoms with van der Waals surface area (Å²) in [7, 11) is 1.30. The standard InChI is InChI=1S/C14H20N3O5PS.C9H9N3O2/c1-5-19-14(18)11-9-17-12(15-10(11)4)8-13(16-17)22-23(24,20-6-2)21-7-3;1-14-9(13)12-8-10-6-4-2-3-5-7(6)11-8/h8-9H,5-7H2,1-4H3;2-5H,1H3,(H2,10,11,12,13). The van der Waals surface area contributed by atoms with Gasteiger partial charge in [0.1, 0.15) is 0 Å². The van der Waals surface area contributed by atoms with Crippen LogP contribution in [-0.4, -0.2) is 63.6 Å². The summed E-state index contributed by atoms with van der Waals surface area (Å²) in [5, 5.41) is 6.68. The molecule has 0 saturated heterocycles. The number of fused-ring (bicyclic) bond motifs is 2. The van der Waals surface area contributed by atoms with Gasteiger partial charge in [0.05, 0.1) is 49.2 Å². The average molecular weight is 565 g/mol. The van der Waals surface area contributed by atoms with Gasteiger partial charge in [-0.15, -0.1) is 5.10 Å². The summed E-state index contributed by atoms with van der Waals surface area (Å²) >= 11 is 5.32. The van der Waals surface area contributed by atoms with E-state index < -0.39 is 18.8 Å². The number of ether oxygens (including phenoxy) is 2. The first-order valence-corrected chi connectivity index (χ1v) is 14.2. The number of esters is 1. The Morgan fingerprint density at radius 3 is 2.45 bits per heavy atom. The van der Waals surface area contributed by atoms with Crippen LogP contribution in [0.3, 0.4) is 0 Å². The van der Waals surface area contributed by atoms with E-state index in [-0.39, 0.29) is 12.5 Å². The fraction of sp³-hybridized carbons (Fsp3) is 0.348. The molecule has 0 unspecified atom stereocenters. The van der Waals surface area contributed by atoms with Gasteiger partial charge in [-0.05, 0) is 39.8 Å². The Morgan fingerprint density at radius 2 is 1.82 bits per heavy atom. The van der Waals surface area contributed by atoms with E-state index in [2.05, 4.69) is 30.1 Å². The van der Waals surface area contributed by atoms with Gasteiger partial charge in [0.15, 0.2) is 5.65 Å². The number of nitrogens with one attached hydrogen (secondary N) is 2. The van der Waals surface area contributed by atoms with Crippen molar-refractivity contribution in [2.45, 2.75) is 27.7 Å². The number of anilines is 1. The number of rotatable bonds is 9. The van der Waals surface area contributed by atoms with Gasteiger partial charge in [-0.25, -0.2) is 24.1 Å². The zero-order valence-electron chi connectivity index (χ0n) is 21.6. The van der Waals surface area contributed by atoms with Crippen LogP contribution in [0.4, 0.5) is 10.7 Å². The van der Waals surface area contributed by atoms with Crippen LogP contribution in [0, 0.1) is 6.92 Å². The molecule has 13 nitrogen and oxygen atoms in total. The van der Waals surface area contributed by atoms with E-state index >= 15 is 0 Å². The summed E-state index contributed by atoms with van der Waals surface area (Å²) in [4.78, 5) is 34.2. The molecule has 204 valence electrons. The van der Waals surface area contributed by atoms with E-state index in [1.54, 1.807) is 26.1 Å². The predicted molar refractivity (Wildman–Crippen MR) is 144 cm³/mol. The van der Waals surface area contributed by atoms with E-state index in [9.17, 15) is 9.59 Å². The first-order valence-electron chi connectivity index (χ1n) is 11.6. The molecule has 38 heavy (non-hydrogen) atoms. The number of carbonyl (C=O) groups excluding carboxylic acids is 2. The number of methoxy groups -OCH3 is 1. The molecule has 3 heterocycles. The number of aryl methyl sites for hydroxylation is 1. The Labute approximate surface area is 224 Å². The lowest BCUT2D eigenvalue weighted by atomic mass is 10.2. The van der Waals surface area contributed by atoms with Crippen LogP contribution in [0.15, 0.2) is 36.5 Å². The molecule has 4 aromatic rings. The molecular weight excluding hydrogens is 535 g/mol. The molecule has 0 atom stereocenters. The third kappa shape index (κ3) is 7.48. The van der Waals surface area contributed by atoms with Crippen LogP contribution in [-0.2, 0) is 30.3 Å². The molecule has 4 rings (SSSR count). The second-order valence-electron chi connectivity index (χ2n) is 7.34. The number of aromatic nitrogens is 5. The van der Waals surface area contributed by atoms with Crippen molar-refractivity contribution in [3.8, 4) is 5.88 Å². The lowest BCUT2D eigenvalue weighted by molar-refractivity contribution is 0.0524. The topological polar surface area (TPSA) is 151 Å². The number of para-hydroxylation sites is 2. The van der Waals surface area contributed by atoms with E-state index in [0.717, 1.165) is 11.0 Å². The highest BCUT2D eigenvalue weighted by Crippen LogP contribution is 2.49. The van der Waals surface area contributed by atoms with Gasteiger partial charge in [-0.1, -0.05) is 12.1 Å². The lowest BCUT2D eigenvalue weighted by Gasteiger charge is -2.19. The summed E-state index contributed by atoms with van der Waals surface area (Å²) in [5.41, 5.74) is 3.08. The first kappa shape index (κ1) is 29.0. The van der Waals surface area contributed by atoms with Gasteiger partial charge >= 0.3 is 18.8 Å². The van der Waals surface area contributed by atoms with E-state index in [1.807, 2.05) is 38.1 Å². The summed E-state index contributed by atoms with van der Waals surface area (Å²) in [5.74, 6) is 0.169.